The quantitative estimate of drug-likeness (QED) is 0.380. The molecule has 0 fully saturated rings. The highest BCUT2D eigenvalue weighted by molar-refractivity contribution is 6.02. The first-order valence-electron chi connectivity index (χ1n) is 6.62. The van der Waals surface area contributed by atoms with E-state index in [-0.39, 0.29) is 5.84 Å². The molecule has 0 radical (unpaired) electrons. The molecule has 3 N–H and O–H groups in total. The summed E-state index contributed by atoms with van der Waals surface area (Å²) in [6, 6.07) is 9.48. The first kappa shape index (κ1) is 14.1. The second-order valence-corrected chi connectivity index (χ2v) is 5.05. The second-order valence-electron chi connectivity index (χ2n) is 5.05. The van der Waals surface area contributed by atoms with E-state index in [9.17, 15) is 0 Å². The van der Waals surface area contributed by atoms with Crippen molar-refractivity contribution in [3.63, 3.8) is 0 Å². The highest BCUT2D eigenvalue weighted by Gasteiger charge is 2.12. The topological polar surface area (TPSA) is 80.7 Å². The second kappa shape index (κ2) is 6.23. The lowest BCUT2D eigenvalue weighted by Gasteiger charge is -2.12. The van der Waals surface area contributed by atoms with Gasteiger partial charge in [-0.05, 0) is 24.5 Å². The van der Waals surface area contributed by atoms with E-state index in [0.29, 0.717) is 24.0 Å². The first-order chi connectivity index (χ1) is 9.61. The molecule has 2 aromatic rings. The average molecular weight is 273 g/mol. The number of ether oxygens (including phenoxy) is 1. The van der Waals surface area contributed by atoms with Crippen LogP contribution in [-0.4, -0.2) is 22.6 Å². The number of pyridine rings is 1. The molecule has 0 aliphatic rings. The molecule has 20 heavy (non-hydrogen) atoms. The summed E-state index contributed by atoms with van der Waals surface area (Å²) in [5, 5.41) is 12.8. The molecule has 5 nitrogen and oxygen atoms in total. The molecule has 0 spiro atoms. The summed E-state index contributed by atoms with van der Waals surface area (Å²) in [6.45, 7) is 4.80. The van der Waals surface area contributed by atoms with Gasteiger partial charge in [-0.25, -0.2) is 4.98 Å². The SMILES string of the molecule is CC(C)CCOc1nc2ccccc2cc1C(N)=NO. The van der Waals surface area contributed by atoms with Crippen molar-refractivity contribution in [3.05, 3.63) is 35.9 Å². The lowest BCUT2D eigenvalue weighted by atomic mass is 10.1. The Balaban J connectivity index is 2.38. The number of fused-ring (bicyclic) bond motifs is 1. The highest BCUT2D eigenvalue weighted by atomic mass is 16.5. The van der Waals surface area contributed by atoms with Crippen molar-refractivity contribution in [2.45, 2.75) is 20.3 Å². The molecular weight excluding hydrogens is 254 g/mol. The molecule has 1 aromatic carbocycles. The van der Waals surface area contributed by atoms with Crippen LogP contribution >= 0.6 is 0 Å². The Hall–Kier alpha value is -2.30. The number of para-hydroxylation sites is 1. The zero-order valence-electron chi connectivity index (χ0n) is 11.7. The third-order valence-electron chi connectivity index (χ3n) is 3.01. The number of nitrogens with two attached hydrogens (primary N) is 1. The average Bonchev–Trinajstić information content (AvgIpc) is 2.45. The maximum Gasteiger partial charge on any atom is 0.225 e. The number of aromatic nitrogens is 1. The number of benzene rings is 1. The smallest absolute Gasteiger partial charge is 0.225 e. The van der Waals surface area contributed by atoms with Crippen LogP contribution in [0.15, 0.2) is 35.5 Å². The molecule has 0 saturated heterocycles. The van der Waals surface area contributed by atoms with Crippen molar-refractivity contribution in [3.8, 4) is 5.88 Å². The van der Waals surface area contributed by atoms with Crippen molar-refractivity contribution in [2.24, 2.45) is 16.8 Å². The van der Waals surface area contributed by atoms with Crippen molar-refractivity contribution < 1.29 is 9.94 Å². The van der Waals surface area contributed by atoms with E-state index in [0.717, 1.165) is 17.3 Å². The third kappa shape index (κ3) is 3.17. The Kier molecular flexibility index (Phi) is 4.40. The van der Waals surface area contributed by atoms with E-state index in [1.807, 2.05) is 30.3 Å². The maximum atomic E-state index is 8.88. The van der Waals surface area contributed by atoms with Crippen LogP contribution in [0.2, 0.25) is 0 Å². The van der Waals surface area contributed by atoms with Gasteiger partial charge < -0.3 is 15.7 Å². The van der Waals surface area contributed by atoms with E-state index in [1.165, 1.54) is 0 Å². The fourth-order valence-electron chi connectivity index (χ4n) is 1.84. The molecule has 0 atom stereocenters. The van der Waals surface area contributed by atoms with Crippen molar-refractivity contribution >= 4 is 16.7 Å². The molecular formula is C15H19N3O2. The van der Waals surface area contributed by atoms with Gasteiger partial charge in [-0.3, -0.25) is 0 Å². The summed E-state index contributed by atoms with van der Waals surface area (Å²) >= 11 is 0. The largest absolute Gasteiger partial charge is 0.477 e. The van der Waals surface area contributed by atoms with Gasteiger partial charge in [0.05, 0.1) is 17.7 Å². The number of rotatable bonds is 5. The summed E-state index contributed by atoms with van der Waals surface area (Å²) in [6.07, 6.45) is 0.921. The first-order valence-corrected chi connectivity index (χ1v) is 6.62. The van der Waals surface area contributed by atoms with Crippen LogP contribution in [0.5, 0.6) is 5.88 Å². The predicted octanol–water partition coefficient (Wildman–Crippen LogP) is 2.75. The van der Waals surface area contributed by atoms with E-state index in [1.54, 1.807) is 0 Å². The van der Waals surface area contributed by atoms with E-state index >= 15 is 0 Å². The monoisotopic (exact) mass is 273 g/mol. The lowest BCUT2D eigenvalue weighted by Crippen LogP contribution is -2.16. The van der Waals surface area contributed by atoms with Crippen LogP contribution < -0.4 is 10.5 Å². The molecule has 0 unspecified atom stereocenters. The Labute approximate surface area is 118 Å². The molecule has 5 heteroatoms. The fraction of sp³-hybridized carbons (Fsp3) is 0.333. The molecule has 0 aliphatic carbocycles. The molecule has 0 bridgehead atoms. The van der Waals surface area contributed by atoms with Gasteiger partial charge in [0.2, 0.25) is 5.88 Å². The van der Waals surface area contributed by atoms with Gasteiger partial charge in [-0.1, -0.05) is 37.2 Å². The minimum Gasteiger partial charge on any atom is -0.477 e. The number of hydrogen-bond acceptors (Lipinski definition) is 4. The molecule has 1 heterocycles. The molecule has 0 amide bonds. The van der Waals surface area contributed by atoms with Gasteiger partial charge in [0.25, 0.3) is 0 Å². The maximum absolute atomic E-state index is 8.88. The van der Waals surface area contributed by atoms with E-state index in [2.05, 4.69) is 24.0 Å². The zero-order chi connectivity index (χ0) is 14.5. The van der Waals surface area contributed by atoms with Crippen LogP contribution in [0.25, 0.3) is 10.9 Å². The molecule has 0 saturated carbocycles. The van der Waals surface area contributed by atoms with Crippen LogP contribution in [0.4, 0.5) is 0 Å². The minimum atomic E-state index is 0.00259. The van der Waals surface area contributed by atoms with Gasteiger partial charge in [-0.2, -0.15) is 0 Å². The van der Waals surface area contributed by atoms with Gasteiger partial charge in [0.1, 0.15) is 0 Å². The zero-order valence-corrected chi connectivity index (χ0v) is 11.7. The summed E-state index contributed by atoms with van der Waals surface area (Å²) in [5.74, 6) is 0.949. The predicted molar refractivity (Wildman–Crippen MR) is 79.2 cm³/mol. The van der Waals surface area contributed by atoms with Crippen LogP contribution in [-0.2, 0) is 0 Å². The number of amidine groups is 1. The van der Waals surface area contributed by atoms with Crippen LogP contribution in [0.1, 0.15) is 25.8 Å². The Morgan fingerprint density at radius 3 is 2.85 bits per heavy atom. The van der Waals surface area contributed by atoms with E-state index < -0.39 is 0 Å². The molecule has 106 valence electrons. The van der Waals surface area contributed by atoms with Gasteiger partial charge in [-0.15, -0.1) is 0 Å². The van der Waals surface area contributed by atoms with E-state index in [4.69, 9.17) is 15.7 Å². The standard InChI is InChI=1S/C15H19N3O2/c1-10(2)7-8-20-15-12(14(16)18-19)9-11-5-3-4-6-13(11)17-15/h3-6,9-10,19H,7-8H2,1-2H3,(H2,16,18). The molecule has 0 aliphatic heterocycles. The number of hydrogen-bond donors (Lipinski definition) is 2. The van der Waals surface area contributed by atoms with Gasteiger partial charge in [0.15, 0.2) is 5.84 Å². The minimum absolute atomic E-state index is 0.00259. The number of oxime groups is 1. The lowest BCUT2D eigenvalue weighted by molar-refractivity contribution is 0.279. The molecule has 1 aromatic heterocycles. The van der Waals surface area contributed by atoms with Crippen LogP contribution in [0, 0.1) is 5.92 Å². The van der Waals surface area contributed by atoms with Crippen LogP contribution in [0.3, 0.4) is 0 Å². The molecule has 2 rings (SSSR count). The fourth-order valence-corrected chi connectivity index (χ4v) is 1.84. The van der Waals surface area contributed by atoms with Crippen molar-refractivity contribution in [1.29, 1.82) is 0 Å². The Bertz CT molecular complexity index is 624. The summed E-state index contributed by atoms with van der Waals surface area (Å²) in [7, 11) is 0. The Morgan fingerprint density at radius 2 is 2.15 bits per heavy atom. The normalized spacial score (nSPS) is 12.1. The third-order valence-corrected chi connectivity index (χ3v) is 3.01. The summed E-state index contributed by atoms with van der Waals surface area (Å²) in [5.41, 5.74) is 7.03. The van der Waals surface area contributed by atoms with Crippen molar-refractivity contribution in [1.82, 2.24) is 4.98 Å². The Morgan fingerprint density at radius 1 is 1.40 bits per heavy atom. The summed E-state index contributed by atoms with van der Waals surface area (Å²) in [4.78, 5) is 4.45. The van der Waals surface area contributed by atoms with Crippen molar-refractivity contribution in [2.75, 3.05) is 6.61 Å². The number of nitrogens with zero attached hydrogens (tertiary/aromatic N) is 2. The highest BCUT2D eigenvalue weighted by Crippen LogP contribution is 2.22. The van der Waals surface area contributed by atoms with Gasteiger partial charge in [0, 0.05) is 5.39 Å². The van der Waals surface area contributed by atoms with Gasteiger partial charge >= 0.3 is 0 Å². The summed E-state index contributed by atoms with van der Waals surface area (Å²) < 4.78 is 5.70.